The molecule has 1 heterocycles. The molecule has 4 heteroatoms. The predicted octanol–water partition coefficient (Wildman–Crippen LogP) is 1.26. The second-order valence-corrected chi connectivity index (χ2v) is 4.97. The molecule has 18 heavy (non-hydrogen) atoms. The first-order valence-corrected chi connectivity index (χ1v) is 6.22. The van der Waals surface area contributed by atoms with Crippen molar-refractivity contribution in [1.29, 1.82) is 0 Å². The molecule has 1 aromatic carbocycles. The number of ether oxygens (including phenoxy) is 1. The fourth-order valence-corrected chi connectivity index (χ4v) is 2.76. The number of carbonyl (C=O) groups excluding carboxylic acids is 2. The number of aryl methyl sites for hydroxylation is 1. The summed E-state index contributed by atoms with van der Waals surface area (Å²) in [6.07, 6.45) is 2.65. The van der Waals surface area contributed by atoms with Gasteiger partial charge in [0.25, 0.3) is 0 Å². The van der Waals surface area contributed by atoms with Crippen molar-refractivity contribution in [1.82, 2.24) is 5.32 Å². The van der Waals surface area contributed by atoms with Crippen LogP contribution in [0, 0.1) is 0 Å². The minimum atomic E-state index is 0.0102. The van der Waals surface area contributed by atoms with E-state index in [1.165, 1.54) is 11.1 Å². The van der Waals surface area contributed by atoms with Crippen LogP contribution in [-0.4, -0.2) is 24.3 Å². The third-order valence-corrected chi connectivity index (χ3v) is 3.60. The number of benzene rings is 1. The molecule has 1 N–H and O–H groups in total. The molecule has 0 radical (unpaired) electrons. The van der Waals surface area contributed by atoms with Crippen LogP contribution in [-0.2, 0) is 17.6 Å². The van der Waals surface area contributed by atoms with Gasteiger partial charge < -0.3 is 10.1 Å². The fourth-order valence-electron chi connectivity index (χ4n) is 2.76. The molecular formula is C14H15NO3. The molecule has 0 fully saturated rings. The molecule has 0 saturated carbocycles. The minimum Gasteiger partial charge on any atom is -0.485 e. The highest BCUT2D eigenvalue weighted by Gasteiger charge is 2.26. The van der Waals surface area contributed by atoms with Gasteiger partial charge in [0.2, 0.25) is 11.7 Å². The largest absolute Gasteiger partial charge is 0.485 e. The summed E-state index contributed by atoms with van der Waals surface area (Å²) in [6, 6.07) is 4.12. The Morgan fingerprint density at radius 3 is 3.00 bits per heavy atom. The molecule has 0 saturated heterocycles. The predicted molar refractivity (Wildman–Crippen MR) is 65.9 cm³/mol. The number of ketones is 1. The zero-order valence-electron chi connectivity index (χ0n) is 10.3. The molecule has 0 spiro atoms. The van der Waals surface area contributed by atoms with Gasteiger partial charge in [-0.1, -0.05) is 0 Å². The zero-order chi connectivity index (χ0) is 12.7. The molecule has 0 aromatic heterocycles. The van der Waals surface area contributed by atoms with Crippen molar-refractivity contribution in [3.63, 3.8) is 0 Å². The third kappa shape index (κ3) is 1.88. The van der Waals surface area contributed by atoms with Crippen molar-refractivity contribution in [2.45, 2.75) is 32.2 Å². The van der Waals surface area contributed by atoms with Crippen LogP contribution in [0.4, 0.5) is 0 Å². The Morgan fingerprint density at radius 1 is 1.39 bits per heavy atom. The Bertz CT molecular complexity index is 536. The van der Waals surface area contributed by atoms with E-state index in [0.717, 1.165) is 19.3 Å². The zero-order valence-corrected chi connectivity index (χ0v) is 10.3. The number of rotatable bonds is 1. The lowest BCUT2D eigenvalue weighted by molar-refractivity contribution is -0.119. The van der Waals surface area contributed by atoms with Gasteiger partial charge in [0.1, 0.15) is 5.75 Å². The first-order valence-electron chi connectivity index (χ1n) is 6.22. The molecule has 1 aromatic rings. The fraction of sp³-hybridized carbons (Fsp3) is 0.429. The smallest absolute Gasteiger partial charge is 0.217 e. The van der Waals surface area contributed by atoms with Gasteiger partial charge in [-0.15, -0.1) is 0 Å². The number of carbonyl (C=O) groups is 2. The van der Waals surface area contributed by atoms with Gasteiger partial charge in [-0.25, -0.2) is 0 Å². The molecule has 2 aliphatic rings. The first-order chi connectivity index (χ1) is 8.63. The van der Waals surface area contributed by atoms with E-state index >= 15 is 0 Å². The Balaban J connectivity index is 1.89. The van der Waals surface area contributed by atoms with Gasteiger partial charge >= 0.3 is 0 Å². The van der Waals surface area contributed by atoms with Crippen molar-refractivity contribution < 1.29 is 14.3 Å². The van der Waals surface area contributed by atoms with Gasteiger partial charge in [0, 0.05) is 13.0 Å². The summed E-state index contributed by atoms with van der Waals surface area (Å²) in [5, 5.41) is 2.95. The second kappa shape index (κ2) is 4.12. The molecule has 94 valence electrons. The van der Waals surface area contributed by atoms with Crippen LogP contribution >= 0.6 is 0 Å². The van der Waals surface area contributed by atoms with E-state index in [1.54, 1.807) is 6.92 Å². The second-order valence-electron chi connectivity index (χ2n) is 4.97. The van der Waals surface area contributed by atoms with E-state index < -0.39 is 0 Å². The maximum absolute atomic E-state index is 11.6. The van der Waals surface area contributed by atoms with Gasteiger partial charge in [-0.3, -0.25) is 9.59 Å². The number of amides is 1. The third-order valence-electron chi connectivity index (χ3n) is 3.60. The average molecular weight is 245 g/mol. The molecule has 1 atom stereocenters. The number of Topliss-reactive ketones (excluding diaryl/α,β-unsaturated/α-hetero) is 1. The number of fused-ring (bicyclic) bond motifs is 2. The summed E-state index contributed by atoms with van der Waals surface area (Å²) in [5.74, 6) is 0.773. The van der Waals surface area contributed by atoms with E-state index in [0.29, 0.717) is 11.3 Å². The molecule has 1 aliphatic heterocycles. The Kier molecular flexibility index (Phi) is 2.58. The minimum absolute atomic E-state index is 0.0102. The summed E-state index contributed by atoms with van der Waals surface area (Å²) < 4.78 is 5.36. The monoisotopic (exact) mass is 245 g/mol. The highest BCUT2D eigenvalue weighted by molar-refractivity contribution is 6.02. The molecule has 1 unspecified atom stereocenters. The first kappa shape index (κ1) is 11.3. The van der Waals surface area contributed by atoms with Gasteiger partial charge in [-0.2, -0.15) is 0 Å². The highest BCUT2D eigenvalue weighted by Crippen LogP contribution is 2.32. The molecule has 0 bridgehead atoms. The topological polar surface area (TPSA) is 55.4 Å². The lowest BCUT2D eigenvalue weighted by Crippen LogP contribution is -2.37. The molecule has 4 nitrogen and oxygen atoms in total. The number of nitrogens with one attached hydrogen (secondary N) is 1. The lowest BCUT2D eigenvalue weighted by Gasteiger charge is -2.25. The summed E-state index contributed by atoms with van der Waals surface area (Å²) in [5.41, 5.74) is 3.12. The highest BCUT2D eigenvalue weighted by atomic mass is 16.5. The van der Waals surface area contributed by atoms with E-state index in [2.05, 4.69) is 5.32 Å². The van der Waals surface area contributed by atoms with E-state index in [1.807, 2.05) is 12.1 Å². The van der Waals surface area contributed by atoms with Gasteiger partial charge in [0.15, 0.2) is 6.61 Å². The average Bonchev–Trinajstić information content (AvgIpc) is 2.67. The number of hydrogen-bond donors (Lipinski definition) is 1. The van der Waals surface area contributed by atoms with Crippen molar-refractivity contribution in [2.75, 3.05) is 6.61 Å². The van der Waals surface area contributed by atoms with Crippen molar-refractivity contribution in [2.24, 2.45) is 0 Å². The summed E-state index contributed by atoms with van der Waals surface area (Å²) >= 11 is 0. The Labute approximate surface area is 105 Å². The SMILES string of the molecule is CC(=O)NC1CCc2cc3c(cc2C1)OCC3=O. The quantitative estimate of drug-likeness (QED) is 0.810. The normalized spacial score (nSPS) is 20.9. The summed E-state index contributed by atoms with van der Waals surface area (Å²) in [6.45, 7) is 1.70. The maximum Gasteiger partial charge on any atom is 0.217 e. The van der Waals surface area contributed by atoms with Crippen LogP contribution < -0.4 is 10.1 Å². The summed E-state index contributed by atoms with van der Waals surface area (Å²) in [7, 11) is 0. The van der Waals surface area contributed by atoms with Crippen LogP contribution in [0.1, 0.15) is 34.8 Å². The van der Waals surface area contributed by atoms with Crippen LogP contribution in [0.5, 0.6) is 5.75 Å². The van der Waals surface area contributed by atoms with Crippen molar-refractivity contribution in [3.8, 4) is 5.75 Å². The van der Waals surface area contributed by atoms with Crippen molar-refractivity contribution >= 4 is 11.7 Å². The van der Waals surface area contributed by atoms with Crippen LogP contribution in [0.15, 0.2) is 12.1 Å². The lowest BCUT2D eigenvalue weighted by atomic mass is 9.86. The summed E-state index contributed by atoms with van der Waals surface area (Å²) in [4.78, 5) is 22.7. The molecule has 1 aliphatic carbocycles. The van der Waals surface area contributed by atoms with E-state index in [4.69, 9.17) is 4.74 Å². The standard InChI is InChI=1S/C14H15NO3/c1-8(16)15-11-3-2-9-5-12-13(17)7-18-14(12)6-10(9)4-11/h5-6,11H,2-4,7H2,1H3,(H,15,16). The van der Waals surface area contributed by atoms with Gasteiger partial charge in [-0.05, 0) is 42.5 Å². The molecular weight excluding hydrogens is 230 g/mol. The van der Waals surface area contributed by atoms with Gasteiger partial charge in [0.05, 0.1) is 5.56 Å². The van der Waals surface area contributed by atoms with Crippen LogP contribution in [0.25, 0.3) is 0 Å². The van der Waals surface area contributed by atoms with Crippen molar-refractivity contribution in [3.05, 3.63) is 28.8 Å². The number of hydrogen-bond acceptors (Lipinski definition) is 3. The Morgan fingerprint density at radius 2 is 2.22 bits per heavy atom. The van der Waals surface area contributed by atoms with Crippen LogP contribution in [0.3, 0.4) is 0 Å². The van der Waals surface area contributed by atoms with Crippen LogP contribution in [0.2, 0.25) is 0 Å². The van der Waals surface area contributed by atoms with E-state index in [-0.39, 0.29) is 24.3 Å². The molecule has 1 amide bonds. The Hall–Kier alpha value is -1.84. The van der Waals surface area contributed by atoms with E-state index in [9.17, 15) is 9.59 Å². The maximum atomic E-state index is 11.6. The molecule has 3 rings (SSSR count).